The van der Waals surface area contributed by atoms with E-state index in [2.05, 4.69) is 11.8 Å². The maximum Gasteiger partial charge on any atom is 0.134 e. The van der Waals surface area contributed by atoms with Gasteiger partial charge in [0.2, 0.25) is 0 Å². The maximum absolute atomic E-state index is 9.02. The van der Waals surface area contributed by atoms with Gasteiger partial charge in [-0.15, -0.1) is 0 Å². The fourth-order valence-electron chi connectivity index (χ4n) is 1.67. The predicted molar refractivity (Wildman–Crippen MR) is 58.3 cm³/mol. The predicted octanol–water partition coefficient (Wildman–Crippen LogP) is 1.44. The van der Waals surface area contributed by atoms with Crippen LogP contribution in [0, 0.1) is 17.8 Å². The first kappa shape index (κ1) is 10.2. The van der Waals surface area contributed by atoms with E-state index in [1.807, 2.05) is 30.3 Å². The molecule has 0 spiro atoms. The highest BCUT2D eigenvalue weighted by Gasteiger charge is 2.53. The molecule has 78 valence electrons. The highest BCUT2D eigenvalue weighted by atomic mass is 16.5. The molecule has 1 aromatic carbocycles. The van der Waals surface area contributed by atoms with Gasteiger partial charge in [0.15, 0.2) is 0 Å². The number of aliphatic hydroxyl groups is 1. The van der Waals surface area contributed by atoms with Gasteiger partial charge in [-0.2, -0.15) is 0 Å². The highest BCUT2D eigenvalue weighted by Crippen LogP contribution is 2.45. The number of ether oxygens (including phenoxy) is 1. The van der Waals surface area contributed by atoms with E-state index in [1.54, 1.807) is 7.11 Å². The molecule has 0 aliphatic heterocycles. The third-order valence-electron chi connectivity index (χ3n) is 2.83. The Balaban J connectivity index is 2.12. The summed E-state index contributed by atoms with van der Waals surface area (Å²) in [5, 5.41) is 9.02. The first-order chi connectivity index (χ1) is 7.30. The van der Waals surface area contributed by atoms with E-state index >= 15 is 0 Å². The van der Waals surface area contributed by atoms with Crippen molar-refractivity contribution < 1.29 is 9.84 Å². The number of rotatable bonds is 2. The van der Waals surface area contributed by atoms with Crippen LogP contribution in [0.25, 0.3) is 0 Å². The molecule has 1 fully saturated rings. The van der Waals surface area contributed by atoms with Crippen molar-refractivity contribution in [1.82, 2.24) is 0 Å². The summed E-state index contributed by atoms with van der Waals surface area (Å²) in [7, 11) is 1.65. The molecule has 0 bridgehead atoms. The molecule has 0 unspecified atom stereocenters. The molecule has 1 aromatic rings. The Morgan fingerprint density at radius 1 is 1.47 bits per heavy atom. The van der Waals surface area contributed by atoms with Gasteiger partial charge in [-0.05, 0) is 18.6 Å². The van der Waals surface area contributed by atoms with Crippen LogP contribution in [-0.2, 0) is 4.74 Å². The lowest BCUT2D eigenvalue weighted by Gasteiger charge is -2.05. The van der Waals surface area contributed by atoms with Crippen LogP contribution in [0.4, 0.5) is 0 Å². The van der Waals surface area contributed by atoms with E-state index < -0.39 is 5.60 Å². The largest absolute Gasteiger partial charge is 0.396 e. The average molecular weight is 202 g/mol. The quantitative estimate of drug-likeness (QED) is 0.735. The van der Waals surface area contributed by atoms with Crippen LogP contribution in [0.3, 0.4) is 0 Å². The van der Waals surface area contributed by atoms with Crippen LogP contribution in [-0.4, -0.2) is 24.4 Å². The molecule has 2 nitrogen and oxygen atoms in total. The summed E-state index contributed by atoms with van der Waals surface area (Å²) in [5.74, 6) is 6.36. The van der Waals surface area contributed by atoms with Crippen LogP contribution in [0.15, 0.2) is 30.3 Å². The molecule has 0 saturated heterocycles. The summed E-state index contributed by atoms with van der Waals surface area (Å²) in [6, 6.07) is 9.81. The van der Waals surface area contributed by atoms with E-state index in [0.717, 1.165) is 12.0 Å². The zero-order valence-electron chi connectivity index (χ0n) is 8.73. The fraction of sp³-hybridized carbons (Fsp3) is 0.385. The number of aliphatic hydroxyl groups excluding tert-OH is 1. The minimum absolute atomic E-state index is 0.150. The normalized spacial score (nSPS) is 28.0. The zero-order chi connectivity index (χ0) is 10.7. The van der Waals surface area contributed by atoms with Gasteiger partial charge in [0.1, 0.15) is 5.60 Å². The summed E-state index contributed by atoms with van der Waals surface area (Å²) < 4.78 is 5.34. The monoisotopic (exact) mass is 202 g/mol. The Morgan fingerprint density at radius 2 is 2.20 bits per heavy atom. The van der Waals surface area contributed by atoms with Crippen LogP contribution < -0.4 is 0 Å². The molecule has 2 rings (SSSR count). The fourth-order valence-corrected chi connectivity index (χ4v) is 1.67. The van der Waals surface area contributed by atoms with Crippen LogP contribution in [0.2, 0.25) is 0 Å². The highest BCUT2D eigenvalue weighted by molar-refractivity contribution is 5.39. The molecule has 0 amide bonds. The van der Waals surface area contributed by atoms with Crippen LogP contribution in [0.5, 0.6) is 0 Å². The second kappa shape index (κ2) is 4.06. The smallest absolute Gasteiger partial charge is 0.134 e. The van der Waals surface area contributed by atoms with Gasteiger partial charge in [0.05, 0.1) is 0 Å². The third-order valence-corrected chi connectivity index (χ3v) is 2.83. The Morgan fingerprint density at radius 3 is 2.73 bits per heavy atom. The molecule has 2 atom stereocenters. The number of hydrogen-bond acceptors (Lipinski definition) is 2. The average Bonchev–Trinajstić information content (AvgIpc) is 3.02. The van der Waals surface area contributed by atoms with Crippen molar-refractivity contribution in [3.8, 4) is 11.8 Å². The molecule has 0 heterocycles. The minimum atomic E-state index is -0.398. The molecule has 1 aliphatic carbocycles. The third kappa shape index (κ3) is 2.04. The van der Waals surface area contributed by atoms with E-state index in [9.17, 15) is 0 Å². The minimum Gasteiger partial charge on any atom is -0.396 e. The lowest BCUT2D eigenvalue weighted by atomic mass is 10.2. The van der Waals surface area contributed by atoms with Crippen molar-refractivity contribution in [2.45, 2.75) is 12.0 Å². The molecule has 1 N–H and O–H groups in total. The van der Waals surface area contributed by atoms with Crippen molar-refractivity contribution in [2.24, 2.45) is 5.92 Å². The lowest BCUT2D eigenvalue weighted by Crippen LogP contribution is -2.13. The summed E-state index contributed by atoms with van der Waals surface area (Å²) >= 11 is 0. The molecule has 2 heteroatoms. The van der Waals surface area contributed by atoms with Crippen molar-refractivity contribution >= 4 is 0 Å². The van der Waals surface area contributed by atoms with Gasteiger partial charge in [-0.1, -0.05) is 30.0 Å². The Hall–Kier alpha value is -1.30. The Labute approximate surface area is 89.9 Å². The van der Waals surface area contributed by atoms with Crippen LogP contribution in [0.1, 0.15) is 12.0 Å². The van der Waals surface area contributed by atoms with E-state index in [-0.39, 0.29) is 12.5 Å². The molecular formula is C13H14O2. The summed E-state index contributed by atoms with van der Waals surface area (Å²) in [5.41, 5.74) is 0.586. The van der Waals surface area contributed by atoms with Gasteiger partial charge in [0, 0.05) is 25.2 Å². The lowest BCUT2D eigenvalue weighted by molar-refractivity contribution is 0.100. The van der Waals surface area contributed by atoms with Gasteiger partial charge >= 0.3 is 0 Å². The van der Waals surface area contributed by atoms with Gasteiger partial charge < -0.3 is 9.84 Å². The SMILES string of the molecule is CO[C@@]1(C#Cc2ccccc2)C[C@H]1CO. The van der Waals surface area contributed by atoms with Gasteiger partial charge in [-0.3, -0.25) is 0 Å². The molecule has 1 saturated carbocycles. The Kier molecular flexibility index (Phi) is 2.77. The maximum atomic E-state index is 9.02. The van der Waals surface area contributed by atoms with Crippen LogP contribution >= 0.6 is 0 Å². The molecule has 15 heavy (non-hydrogen) atoms. The molecule has 0 radical (unpaired) electrons. The van der Waals surface area contributed by atoms with E-state index in [0.29, 0.717) is 0 Å². The van der Waals surface area contributed by atoms with Crippen molar-refractivity contribution in [3.05, 3.63) is 35.9 Å². The number of hydrogen-bond donors (Lipinski definition) is 1. The van der Waals surface area contributed by atoms with E-state index in [1.165, 1.54) is 0 Å². The van der Waals surface area contributed by atoms with E-state index in [4.69, 9.17) is 9.84 Å². The topological polar surface area (TPSA) is 29.5 Å². The number of methoxy groups -OCH3 is 1. The molecular weight excluding hydrogens is 188 g/mol. The second-order valence-corrected chi connectivity index (χ2v) is 3.79. The molecule has 1 aliphatic rings. The van der Waals surface area contributed by atoms with Crippen molar-refractivity contribution in [1.29, 1.82) is 0 Å². The standard InChI is InChI=1S/C13H14O2/c1-15-13(9-12(13)10-14)8-7-11-5-3-2-4-6-11/h2-6,12,14H,9-10H2,1H3/t12-,13-/m0/s1. The first-order valence-electron chi connectivity index (χ1n) is 5.05. The summed E-state index contributed by atoms with van der Waals surface area (Å²) in [6.07, 6.45) is 0.833. The Bertz CT molecular complexity index is 388. The summed E-state index contributed by atoms with van der Waals surface area (Å²) in [4.78, 5) is 0. The first-order valence-corrected chi connectivity index (χ1v) is 5.05. The van der Waals surface area contributed by atoms with Gasteiger partial charge in [0.25, 0.3) is 0 Å². The number of benzene rings is 1. The zero-order valence-corrected chi connectivity index (χ0v) is 8.73. The van der Waals surface area contributed by atoms with Gasteiger partial charge in [-0.25, -0.2) is 0 Å². The van der Waals surface area contributed by atoms with Crippen molar-refractivity contribution in [3.63, 3.8) is 0 Å². The second-order valence-electron chi connectivity index (χ2n) is 3.79. The van der Waals surface area contributed by atoms with Crippen molar-refractivity contribution in [2.75, 3.05) is 13.7 Å². The molecule has 0 aromatic heterocycles. The summed E-state index contributed by atoms with van der Waals surface area (Å²) in [6.45, 7) is 0.150.